The predicted molar refractivity (Wildman–Crippen MR) is 400 cm³/mol. The molecule has 0 bridgehead atoms. The Morgan fingerprint density at radius 1 is 0.337 bits per heavy atom. The van der Waals surface area contributed by atoms with E-state index in [1.807, 2.05) is 0 Å². The van der Waals surface area contributed by atoms with Crippen molar-refractivity contribution in [3.05, 3.63) is 72.9 Å². The second-order valence-corrected chi connectivity index (χ2v) is 29.1. The fraction of sp³-hybridized carbons (Fsp3) is 0.797. The standard InChI is InChI=1S/C79H142O17P2/c1-3-5-7-9-11-13-15-17-21-27-33-39-45-51-57-63-78(83)91-72-77(96-79(84)64-58-52-46-40-34-28-22-18-16-14-12-10-8-6-4-2)74-95-98(87,88)93-70-75(82)69-92-97(85,86)94-73-76(71-89-67-61-55-49-43-37-31-26-24-30-36-42-48-54-60-66-81)90-68-62-56-50-44-38-32-25-20-19-23-29-35-41-47-53-59-65-80/h11-14,17-19,21-24,26,65-66,75-77,82H,3-10,15-16,20,25,27-64,67-74H2,1-2H3,(H,85,86)(H,87,88)/b13-11-,14-12-,21-17-,22-18-,23-19-,26-24-/t75-,76+,77+/m0/s1. The van der Waals surface area contributed by atoms with Gasteiger partial charge in [0.1, 0.15) is 31.4 Å². The van der Waals surface area contributed by atoms with Crippen LogP contribution in [0, 0.1) is 0 Å². The van der Waals surface area contributed by atoms with Crippen LogP contribution in [0.25, 0.3) is 0 Å². The number of hydrogen-bond acceptors (Lipinski definition) is 15. The molecule has 0 aromatic heterocycles. The van der Waals surface area contributed by atoms with Crippen molar-refractivity contribution in [2.45, 2.75) is 353 Å². The summed E-state index contributed by atoms with van der Waals surface area (Å²) in [5.74, 6) is -1.06. The van der Waals surface area contributed by atoms with Gasteiger partial charge < -0.3 is 43.4 Å². The molecule has 0 amide bonds. The van der Waals surface area contributed by atoms with E-state index in [2.05, 4.69) is 86.8 Å². The number of carbonyl (C=O) groups excluding carboxylic acids is 4. The fourth-order valence-corrected chi connectivity index (χ4v) is 12.2. The highest BCUT2D eigenvalue weighted by molar-refractivity contribution is 7.47. The van der Waals surface area contributed by atoms with Crippen molar-refractivity contribution < 1.29 is 80.2 Å². The van der Waals surface area contributed by atoms with E-state index in [1.54, 1.807) is 0 Å². The lowest BCUT2D eigenvalue weighted by Crippen LogP contribution is -2.30. The van der Waals surface area contributed by atoms with E-state index in [9.17, 15) is 43.2 Å². The van der Waals surface area contributed by atoms with Crippen molar-refractivity contribution in [2.75, 3.05) is 52.9 Å². The maximum atomic E-state index is 13.1. The molecule has 5 atom stereocenters. The summed E-state index contributed by atoms with van der Waals surface area (Å²) < 4.78 is 69.9. The van der Waals surface area contributed by atoms with E-state index in [4.69, 9.17) is 37.0 Å². The summed E-state index contributed by atoms with van der Waals surface area (Å²) in [7, 11) is -9.69. The summed E-state index contributed by atoms with van der Waals surface area (Å²) in [5, 5.41) is 10.6. The zero-order valence-corrected chi connectivity index (χ0v) is 63.6. The first kappa shape index (κ1) is 94.8. The number of ether oxygens (including phenoxy) is 4. The van der Waals surface area contributed by atoms with E-state index in [1.165, 1.54) is 70.6 Å². The number of phosphoric acid groups is 2. The monoisotopic (exact) mass is 1420 g/mol. The normalized spacial score (nSPS) is 14.4. The van der Waals surface area contributed by atoms with Crippen molar-refractivity contribution in [2.24, 2.45) is 0 Å². The van der Waals surface area contributed by atoms with Gasteiger partial charge >= 0.3 is 27.6 Å². The Balaban J connectivity index is 5.22. The highest BCUT2D eigenvalue weighted by Gasteiger charge is 2.30. The van der Waals surface area contributed by atoms with Crippen LogP contribution < -0.4 is 0 Å². The van der Waals surface area contributed by atoms with Gasteiger partial charge in [-0.1, -0.05) is 228 Å². The molecule has 17 nitrogen and oxygen atoms in total. The Morgan fingerprint density at radius 3 is 1.03 bits per heavy atom. The molecule has 0 aromatic rings. The van der Waals surface area contributed by atoms with Crippen molar-refractivity contribution in [3.63, 3.8) is 0 Å². The van der Waals surface area contributed by atoms with Crippen molar-refractivity contribution in [1.82, 2.24) is 0 Å². The van der Waals surface area contributed by atoms with Gasteiger partial charge in [0, 0.05) is 38.9 Å². The first-order valence-electron chi connectivity index (χ1n) is 39.1. The van der Waals surface area contributed by atoms with E-state index < -0.39 is 72.3 Å². The number of aliphatic hydroxyl groups is 1. The third-order valence-corrected chi connectivity index (χ3v) is 18.6. The van der Waals surface area contributed by atoms with Crippen molar-refractivity contribution >= 4 is 40.2 Å². The molecule has 0 saturated heterocycles. The molecule has 98 heavy (non-hydrogen) atoms. The van der Waals surface area contributed by atoms with Gasteiger partial charge in [-0.15, -0.1) is 0 Å². The molecular formula is C79H142O17P2. The van der Waals surface area contributed by atoms with Gasteiger partial charge in [-0.25, -0.2) is 9.13 Å². The molecule has 19 heteroatoms. The van der Waals surface area contributed by atoms with Crippen LogP contribution in [0.4, 0.5) is 0 Å². The maximum Gasteiger partial charge on any atom is 0.472 e. The van der Waals surface area contributed by atoms with Gasteiger partial charge in [0.2, 0.25) is 0 Å². The third kappa shape index (κ3) is 74.0. The molecule has 570 valence electrons. The Hall–Kier alpha value is -3.18. The molecule has 2 unspecified atom stereocenters. The number of allylic oxidation sites excluding steroid dienone is 12. The van der Waals surface area contributed by atoms with Crippen molar-refractivity contribution in [3.8, 4) is 0 Å². The lowest BCUT2D eigenvalue weighted by molar-refractivity contribution is -0.161. The summed E-state index contributed by atoms with van der Waals surface area (Å²) in [6.07, 6.45) is 75.7. The van der Waals surface area contributed by atoms with Gasteiger partial charge in [-0.3, -0.25) is 27.7 Å². The minimum Gasteiger partial charge on any atom is -0.462 e. The molecule has 0 rings (SSSR count). The highest BCUT2D eigenvalue weighted by atomic mass is 31.2. The number of aldehydes is 2. The molecule has 3 N–H and O–H groups in total. The van der Waals surface area contributed by atoms with Crippen molar-refractivity contribution in [1.29, 1.82) is 0 Å². The summed E-state index contributed by atoms with van der Waals surface area (Å²) in [6, 6.07) is 0. The molecule has 0 aromatic carbocycles. The average Bonchev–Trinajstić information content (AvgIpc) is 1.41. The van der Waals surface area contributed by atoms with Crippen LogP contribution in [0.5, 0.6) is 0 Å². The zero-order valence-electron chi connectivity index (χ0n) is 61.8. The minimum atomic E-state index is -4.92. The molecule has 0 saturated carbocycles. The smallest absolute Gasteiger partial charge is 0.462 e. The molecule has 0 fully saturated rings. The first-order valence-corrected chi connectivity index (χ1v) is 42.1. The number of hydrogen-bond donors (Lipinski definition) is 3. The molecule has 0 heterocycles. The average molecular weight is 1430 g/mol. The Labute approximate surface area is 596 Å². The van der Waals surface area contributed by atoms with Crippen LogP contribution in [0.3, 0.4) is 0 Å². The number of unbranched alkanes of at least 4 members (excludes halogenated alkanes) is 38. The molecule has 0 radical (unpaired) electrons. The van der Waals surface area contributed by atoms with Crippen LogP contribution in [-0.2, 0) is 65.4 Å². The van der Waals surface area contributed by atoms with Gasteiger partial charge in [0.25, 0.3) is 0 Å². The molecule has 0 aliphatic rings. The summed E-state index contributed by atoms with van der Waals surface area (Å²) >= 11 is 0. The van der Waals surface area contributed by atoms with Gasteiger partial charge in [-0.2, -0.15) is 0 Å². The third-order valence-electron chi connectivity index (χ3n) is 16.6. The molecule has 0 aliphatic carbocycles. The molecule has 0 spiro atoms. The second kappa shape index (κ2) is 75.0. The second-order valence-electron chi connectivity index (χ2n) is 26.2. The van der Waals surface area contributed by atoms with Gasteiger partial charge in [0.05, 0.1) is 33.0 Å². The summed E-state index contributed by atoms with van der Waals surface area (Å²) in [4.78, 5) is 68.0. The van der Waals surface area contributed by atoms with E-state index in [0.717, 1.165) is 224 Å². The van der Waals surface area contributed by atoms with Gasteiger partial charge in [0.15, 0.2) is 6.10 Å². The quantitative estimate of drug-likeness (QED) is 0.0169. The minimum absolute atomic E-state index is 0.0991. The predicted octanol–water partition coefficient (Wildman–Crippen LogP) is 21.8. The topological polar surface area (TPSA) is 237 Å². The first-order chi connectivity index (χ1) is 47.9. The highest BCUT2D eigenvalue weighted by Crippen LogP contribution is 2.45. The fourth-order valence-electron chi connectivity index (χ4n) is 10.6. The Morgan fingerprint density at radius 2 is 0.643 bits per heavy atom. The SMILES string of the molecule is CCCCC/C=C\C/C=C\CCCCCCCC(=O)OC[C@H](COP(=O)(O)OC[C@@H](O)COP(=O)(O)OC[C@@H](COCCCCCCC/C=C\CCCCCCC=O)OCCCCCCCCC/C=C\CCCCCCC=O)OC(=O)CCCCCCC/C=C\C/C=C\CCCCC. The van der Waals surface area contributed by atoms with E-state index in [0.29, 0.717) is 38.9 Å². The van der Waals surface area contributed by atoms with Gasteiger partial charge in [-0.05, 0) is 154 Å². The van der Waals surface area contributed by atoms with Crippen LogP contribution in [0.15, 0.2) is 72.9 Å². The van der Waals surface area contributed by atoms with Crippen LogP contribution in [0.2, 0.25) is 0 Å². The number of esters is 2. The Bertz CT molecular complexity index is 2080. The Kier molecular flexibility index (Phi) is 72.6. The van der Waals surface area contributed by atoms with Crippen LogP contribution in [0.1, 0.15) is 335 Å². The largest absolute Gasteiger partial charge is 0.472 e. The number of rotatable bonds is 78. The number of aliphatic hydroxyl groups excluding tert-OH is 1. The number of phosphoric ester groups is 2. The lowest BCUT2D eigenvalue weighted by atomic mass is 10.1. The zero-order chi connectivity index (χ0) is 71.5. The summed E-state index contributed by atoms with van der Waals surface area (Å²) in [5.41, 5.74) is 0. The lowest BCUT2D eigenvalue weighted by Gasteiger charge is -2.21. The van der Waals surface area contributed by atoms with Crippen LogP contribution >= 0.6 is 15.6 Å². The maximum absolute atomic E-state index is 13.1. The molecular weight excluding hydrogens is 1280 g/mol. The molecule has 0 aliphatic heterocycles. The van der Waals surface area contributed by atoms with Crippen LogP contribution in [-0.4, -0.2) is 111 Å². The number of carbonyl (C=O) groups is 4. The van der Waals surface area contributed by atoms with E-state index in [-0.39, 0.29) is 26.1 Å². The van der Waals surface area contributed by atoms with E-state index >= 15 is 0 Å². The summed E-state index contributed by atoms with van der Waals surface area (Å²) in [6.45, 7) is 2.45.